The highest BCUT2D eigenvalue weighted by Gasteiger charge is 2.56. The first kappa shape index (κ1) is 7.95. The van der Waals surface area contributed by atoms with Crippen molar-refractivity contribution in [1.29, 1.82) is 0 Å². The summed E-state index contributed by atoms with van der Waals surface area (Å²) in [7, 11) is 0. The smallest absolute Gasteiger partial charge is 0.106 e. The molecule has 0 N–H and O–H groups in total. The van der Waals surface area contributed by atoms with Crippen LogP contribution >= 0.6 is 0 Å². The summed E-state index contributed by atoms with van der Waals surface area (Å²) in [5.74, 6) is 3.07. The van der Waals surface area contributed by atoms with Crippen molar-refractivity contribution in [2.75, 3.05) is 0 Å². The van der Waals surface area contributed by atoms with Crippen molar-refractivity contribution in [3.8, 4) is 0 Å². The molecule has 4 fully saturated rings. The minimum atomic E-state index is -0.130. The Hall–Kier alpha value is -0.400. The van der Waals surface area contributed by atoms with E-state index in [9.17, 15) is 4.91 Å². The third kappa shape index (κ3) is 0.893. The molecule has 72 valence electrons. The molecule has 3 atom stereocenters. The summed E-state index contributed by atoms with van der Waals surface area (Å²) in [4.78, 5) is 11.0. The zero-order chi connectivity index (χ0) is 9.05. The first-order valence-corrected chi connectivity index (χ1v) is 5.58. The van der Waals surface area contributed by atoms with Crippen molar-refractivity contribution < 1.29 is 0 Å². The molecule has 4 aliphatic carbocycles. The molecule has 0 aromatic rings. The Balaban J connectivity index is 2.00. The highest BCUT2D eigenvalue weighted by molar-refractivity contribution is 5.09. The van der Waals surface area contributed by atoms with Crippen molar-refractivity contribution >= 4 is 0 Å². The summed E-state index contributed by atoms with van der Waals surface area (Å²) in [5.41, 5.74) is -0.130. The molecule has 13 heavy (non-hydrogen) atoms. The summed E-state index contributed by atoms with van der Waals surface area (Å²) < 4.78 is 0. The maximum absolute atomic E-state index is 11.0. The van der Waals surface area contributed by atoms with Gasteiger partial charge in [0, 0.05) is 0 Å². The number of nitroso groups, excluding NO2 is 1. The normalized spacial score (nSPS) is 58.2. The molecule has 2 heteroatoms. The Kier molecular flexibility index (Phi) is 1.43. The molecule has 0 saturated heterocycles. The van der Waals surface area contributed by atoms with E-state index in [2.05, 4.69) is 12.1 Å². The predicted octanol–water partition coefficient (Wildman–Crippen LogP) is 2.97. The van der Waals surface area contributed by atoms with Crippen LogP contribution in [-0.4, -0.2) is 5.54 Å². The summed E-state index contributed by atoms with van der Waals surface area (Å²) >= 11 is 0. The largest absolute Gasteiger partial charge is 0.150 e. The number of nitrogens with zero attached hydrogens (tertiary/aromatic N) is 1. The Morgan fingerprint density at radius 1 is 1.15 bits per heavy atom. The van der Waals surface area contributed by atoms with Gasteiger partial charge in [-0.25, -0.2) is 0 Å². The lowest BCUT2D eigenvalue weighted by molar-refractivity contribution is -0.0469. The molecule has 3 unspecified atom stereocenters. The lowest BCUT2D eigenvalue weighted by Crippen LogP contribution is -2.54. The van der Waals surface area contributed by atoms with Crippen LogP contribution in [-0.2, 0) is 0 Å². The van der Waals surface area contributed by atoms with Crippen LogP contribution in [0.2, 0.25) is 0 Å². The quantitative estimate of drug-likeness (QED) is 0.569. The van der Waals surface area contributed by atoms with E-state index in [0.29, 0.717) is 5.92 Å². The van der Waals surface area contributed by atoms with Crippen LogP contribution in [0.15, 0.2) is 5.18 Å². The first-order valence-electron chi connectivity index (χ1n) is 5.58. The third-order valence-corrected chi connectivity index (χ3v) is 4.96. The van der Waals surface area contributed by atoms with Crippen molar-refractivity contribution in [3.05, 3.63) is 4.91 Å². The Bertz CT molecular complexity index is 236. The highest BCUT2D eigenvalue weighted by Crippen LogP contribution is 2.59. The van der Waals surface area contributed by atoms with E-state index < -0.39 is 0 Å². The average Bonchev–Trinajstić information content (AvgIpc) is 2.12. The van der Waals surface area contributed by atoms with Gasteiger partial charge in [0.25, 0.3) is 0 Å². The van der Waals surface area contributed by atoms with Gasteiger partial charge in [0.2, 0.25) is 0 Å². The molecule has 4 bridgehead atoms. The molecule has 0 radical (unpaired) electrons. The summed E-state index contributed by atoms with van der Waals surface area (Å²) in [6.07, 6.45) is 6.36. The van der Waals surface area contributed by atoms with E-state index >= 15 is 0 Å². The second-order valence-corrected chi connectivity index (χ2v) is 5.59. The Morgan fingerprint density at radius 2 is 1.77 bits per heavy atom. The molecular weight excluding hydrogens is 162 g/mol. The van der Waals surface area contributed by atoms with E-state index in [0.717, 1.165) is 30.6 Å². The molecular formula is C11H17NO. The van der Waals surface area contributed by atoms with Gasteiger partial charge in [0.05, 0.1) is 0 Å². The van der Waals surface area contributed by atoms with Gasteiger partial charge in [0.15, 0.2) is 0 Å². The van der Waals surface area contributed by atoms with Gasteiger partial charge < -0.3 is 0 Å². The molecule has 0 amide bonds. The number of hydrogen-bond acceptors (Lipinski definition) is 2. The molecule has 4 rings (SSSR count). The van der Waals surface area contributed by atoms with Gasteiger partial charge in [-0.2, -0.15) is 4.91 Å². The molecule has 0 aromatic carbocycles. The number of rotatable bonds is 1. The van der Waals surface area contributed by atoms with Crippen LogP contribution in [0.1, 0.15) is 39.0 Å². The van der Waals surface area contributed by atoms with E-state index in [1.165, 1.54) is 19.3 Å². The highest BCUT2D eigenvalue weighted by atomic mass is 16.3. The van der Waals surface area contributed by atoms with Crippen LogP contribution in [0.5, 0.6) is 0 Å². The fraction of sp³-hybridized carbons (Fsp3) is 1.00. The maximum Gasteiger partial charge on any atom is 0.106 e. The molecule has 2 nitrogen and oxygen atoms in total. The van der Waals surface area contributed by atoms with Gasteiger partial charge in [-0.1, -0.05) is 12.1 Å². The maximum atomic E-state index is 11.0. The van der Waals surface area contributed by atoms with Crippen molar-refractivity contribution in [1.82, 2.24) is 0 Å². The lowest BCUT2D eigenvalue weighted by atomic mass is 9.49. The zero-order valence-electron chi connectivity index (χ0n) is 8.20. The molecule has 0 spiro atoms. The first-order chi connectivity index (χ1) is 6.23. The standard InChI is InChI=1S/C11H17NO/c1-7-10-3-8-2-9(4-10)6-11(7,5-8)12-13/h7-10H,2-6H2,1H3. The topological polar surface area (TPSA) is 29.4 Å². The second-order valence-electron chi connectivity index (χ2n) is 5.59. The SMILES string of the molecule is CC1C2CC3CC(C2)CC1(N=O)C3. The van der Waals surface area contributed by atoms with Crippen LogP contribution in [0.4, 0.5) is 0 Å². The number of hydrogen-bond donors (Lipinski definition) is 0. The van der Waals surface area contributed by atoms with Crippen molar-refractivity contribution in [2.24, 2.45) is 28.8 Å². The predicted molar refractivity (Wildman–Crippen MR) is 51.2 cm³/mol. The second kappa shape index (κ2) is 2.34. The minimum absolute atomic E-state index is 0.130. The molecule has 4 aliphatic rings. The lowest BCUT2D eigenvalue weighted by Gasteiger charge is -2.57. The van der Waals surface area contributed by atoms with Crippen LogP contribution in [0, 0.1) is 28.6 Å². The fourth-order valence-corrected chi connectivity index (χ4v) is 4.41. The van der Waals surface area contributed by atoms with Gasteiger partial charge in [0.1, 0.15) is 5.54 Å². The van der Waals surface area contributed by atoms with Gasteiger partial charge >= 0.3 is 0 Å². The minimum Gasteiger partial charge on any atom is -0.150 e. The van der Waals surface area contributed by atoms with E-state index in [1.807, 2.05) is 0 Å². The molecule has 4 saturated carbocycles. The van der Waals surface area contributed by atoms with Crippen LogP contribution in [0.25, 0.3) is 0 Å². The fourth-order valence-electron chi connectivity index (χ4n) is 4.41. The third-order valence-electron chi connectivity index (χ3n) is 4.96. The van der Waals surface area contributed by atoms with E-state index in [-0.39, 0.29) is 5.54 Å². The van der Waals surface area contributed by atoms with Crippen LogP contribution < -0.4 is 0 Å². The van der Waals surface area contributed by atoms with Gasteiger partial charge in [-0.15, -0.1) is 0 Å². The Labute approximate surface area is 79.1 Å². The van der Waals surface area contributed by atoms with Gasteiger partial charge in [-0.3, -0.25) is 0 Å². The molecule has 0 heterocycles. The zero-order valence-corrected chi connectivity index (χ0v) is 8.20. The summed E-state index contributed by atoms with van der Waals surface area (Å²) in [5, 5.41) is 3.51. The van der Waals surface area contributed by atoms with Gasteiger partial charge in [-0.05, 0) is 55.8 Å². The monoisotopic (exact) mass is 179 g/mol. The van der Waals surface area contributed by atoms with Crippen molar-refractivity contribution in [3.63, 3.8) is 0 Å². The summed E-state index contributed by atoms with van der Waals surface area (Å²) in [6.45, 7) is 2.25. The van der Waals surface area contributed by atoms with Crippen molar-refractivity contribution in [2.45, 2.75) is 44.6 Å². The average molecular weight is 179 g/mol. The molecule has 0 aromatic heterocycles. The van der Waals surface area contributed by atoms with E-state index in [1.54, 1.807) is 0 Å². The molecule has 0 aliphatic heterocycles. The van der Waals surface area contributed by atoms with Crippen LogP contribution in [0.3, 0.4) is 0 Å². The van der Waals surface area contributed by atoms with E-state index in [4.69, 9.17) is 0 Å². The Morgan fingerprint density at radius 3 is 2.31 bits per heavy atom. The summed E-state index contributed by atoms with van der Waals surface area (Å²) in [6, 6.07) is 0.